The van der Waals surface area contributed by atoms with Crippen molar-refractivity contribution in [1.29, 1.82) is 0 Å². The summed E-state index contributed by atoms with van der Waals surface area (Å²) in [6.45, 7) is 2.06. The Bertz CT molecular complexity index is 825. The van der Waals surface area contributed by atoms with Crippen LogP contribution in [0.15, 0.2) is 48.5 Å². The van der Waals surface area contributed by atoms with E-state index in [4.69, 9.17) is 4.74 Å². The average molecular weight is 385 g/mol. The fourth-order valence-corrected chi connectivity index (χ4v) is 4.32. The van der Waals surface area contributed by atoms with Gasteiger partial charge in [0.15, 0.2) is 0 Å². The Labute approximate surface area is 164 Å². The molecule has 2 amide bonds. The summed E-state index contributed by atoms with van der Waals surface area (Å²) in [7, 11) is 1.60. The predicted octanol–water partition coefficient (Wildman–Crippen LogP) is 4.60. The van der Waals surface area contributed by atoms with Crippen molar-refractivity contribution in [3.05, 3.63) is 54.1 Å². The fourth-order valence-electron chi connectivity index (χ4n) is 3.12. The van der Waals surface area contributed by atoms with Gasteiger partial charge in [0.05, 0.1) is 18.6 Å². The van der Waals surface area contributed by atoms with Crippen LogP contribution in [0.25, 0.3) is 0 Å². The molecule has 1 N–H and O–H groups in total. The summed E-state index contributed by atoms with van der Waals surface area (Å²) in [6.07, 6.45) is 2.33. The maximum atomic E-state index is 12.7. The number of carbonyl (C=O) groups excluding carboxylic acids is 2. The van der Waals surface area contributed by atoms with Crippen molar-refractivity contribution >= 4 is 35.0 Å². The van der Waals surface area contributed by atoms with Crippen molar-refractivity contribution < 1.29 is 14.3 Å². The minimum Gasteiger partial charge on any atom is -0.495 e. The normalized spacial score (nSPS) is 16.4. The van der Waals surface area contributed by atoms with Crippen LogP contribution in [0.1, 0.15) is 37.1 Å². The van der Waals surface area contributed by atoms with Crippen LogP contribution < -0.4 is 15.0 Å². The monoisotopic (exact) mass is 384 g/mol. The van der Waals surface area contributed by atoms with Crippen molar-refractivity contribution in [3.63, 3.8) is 0 Å². The Morgan fingerprint density at radius 3 is 2.74 bits per heavy atom. The van der Waals surface area contributed by atoms with Gasteiger partial charge in [-0.3, -0.25) is 14.5 Å². The Kier molecular flexibility index (Phi) is 6.40. The molecule has 3 rings (SSSR count). The van der Waals surface area contributed by atoms with Crippen LogP contribution in [0.2, 0.25) is 0 Å². The third-order valence-electron chi connectivity index (χ3n) is 4.47. The molecule has 2 aromatic rings. The highest BCUT2D eigenvalue weighted by Crippen LogP contribution is 2.46. The molecule has 0 spiro atoms. The molecule has 1 saturated heterocycles. The molecule has 0 radical (unpaired) electrons. The van der Waals surface area contributed by atoms with E-state index in [9.17, 15) is 9.59 Å². The minimum atomic E-state index is -0.212. The lowest BCUT2D eigenvalue weighted by molar-refractivity contribution is -0.116. The van der Waals surface area contributed by atoms with Crippen molar-refractivity contribution in [2.75, 3.05) is 23.1 Å². The van der Waals surface area contributed by atoms with Gasteiger partial charge in [-0.2, -0.15) is 0 Å². The number of nitrogens with zero attached hydrogens (tertiary/aromatic N) is 1. The molecular weight excluding hydrogens is 360 g/mol. The lowest BCUT2D eigenvalue weighted by atomic mass is 10.1. The van der Waals surface area contributed by atoms with E-state index in [1.165, 1.54) is 0 Å². The van der Waals surface area contributed by atoms with Crippen molar-refractivity contribution in [2.24, 2.45) is 0 Å². The maximum absolute atomic E-state index is 12.7. The Hall–Kier alpha value is -2.47. The van der Waals surface area contributed by atoms with Crippen molar-refractivity contribution in [3.8, 4) is 5.75 Å². The molecule has 1 aliphatic rings. The van der Waals surface area contributed by atoms with E-state index < -0.39 is 0 Å². The summed E-state index contributed by atoms with van der Waals surface area (Å²) in [5.74, 6) is 1.08. The zero-order chi connectivity index (χ0) is 19.2. The molecule has 0 aliphatic carbocycles. The summed E-state index contributed by atoms with van der Waals surface area (Å²) in [6, 6.07) is 15.2. The molecule has 2 aromatic carbocycles. The van der Waals surface area contributed by atoms with E-state index in [-0.39, 0.29) is 17.2 Å². The summed E-state index contributed by atoms with van der Waals surface area (Å²) in [5.41, 5.74) is 2.42. The number of rotatable bonds is 7. The molecule has 5 nitrogen and oxygen atoms in total. The number of unbranched alkanes of at least 4 members (excludes halogenated alkanes) is 1. The summed E-state index contributed by atoms with van der Waals surface area (Å²) >= 11 is 1.55. The van der Waals surface area contributed by atoms with Gasteiger partial charge in [0, 0.05) is 17.7 Å². The van der Waals surface area contributed by atoms with Crippen LogP contribution in [0.3, 0.4) is 0 Å². The number of thioether (sulfide) groups is 1. The second-order valence-electron chi connectivity index (χ2n) is 6.34. The number of anilines is 2. The standard InChI is InChI=1S/C21H24N2O3S/c1-3-4-13-19(24)22-16-10-6-5-9-15(16)21-23(20(25)14-27-21)17-11-7-8-12-18(17)26-2/h5-12,21H,3-4,13-14H2,1-2H3,(H,22,24)/t21-/m0/s1. The highest BCUT2D eigenvalue weighted by molar-refractivity contribution is 8.00. The van der Waals surface area contributed by atoms with E-state index in [1.807, 2.05) is 48.5 Å². The highest BCUT2D eigenvalue weighted by atomic mass is 32.2. The van der Waals surface area contributed by atoms with Gasteiger partial charge in [-0.1, -0.05) is 43.7 Å². The molecule has 0 saturated carbocycles. The number of methoxy groups -OCH3 is 1. The van der Waals surface area contributed by atoms with Crippen LogP contribution in [-0.2, 0) is 9.59 Å². The topological polar surface area (TPSA) is 58.6 Å². The van der Waals surface area contributed by atoms with Crippen LogP contribution in [0, 0.1) is 0 Å². The number of carbonyl (C=O) groups is 2. The van der Waals surface area contributed by atoms with Gasteiger partial charge in [0.25, 0.3) is 0 Å². The van der Waals surface area contributed by atoms with E-state index >= 15 is 0 Å². The number of nitrogens with one attached hydrogen (secondary N) is 1. The van der Waals surface area contributed by atoms with E-state index in [0.717, 1.165) is 29.8 Å². The summed E-state index contributed by atoms with van der Waals surface area (Å²) in [5, 5.41) is 2.80. The van der Waals surface area contributed by atoms with Gasteiger partial charge >= 0.3 is 0 Å². The second kappa shape index (κ2) is 8.95. The van der Waals surface area contributed by atoms with Gasteiger partial charge in [-0.25, -0.2) is 0 Å². The Balaban J connectivity index is 1.93. The average Bonchev–Trinajstić information content (AvgIpc) is 3.07. The van der Waals surface area contributed by atoms with Gasteiger partial charge in [0.1, 0.15) is 11.1 Å². The third kappa shape index (κ3) is 4.27. The van der Waals surface area contributed by atoms with Crippen LogP contribution >= 0.6 is 11.8 Å². The molecule has 1 aliphatic heterocycles. The summed E-state index contributed by atoms with van der Waals surface area (Å²) < 4.78 is 5.46. The van der Waals surface area contributed by atoms with Gasteiger partial charge in [-0.05, 0) is 24.6 Å². The lowest BCUT2D eigenvalue weighted by Gasteiger charge is -2.27. The lowest BCUT2D eigenvalue weighted by Crippen LogP contribution is -2.29. The molecule has 0 unspecified atom stereocenters. The van der Waals surface area contributed by atoms with Crippen LogP contribution in [0.5, 0.6) is 5.75 Å². The van der Waals surface area contributed by atoms with Crippen molar-refractivity contribution in [2.45, 2.75) is 31.6 Å². The van der Waals surface area contributed by atoms with Crippen LogP contribution in [-0.4, -0.2) is 24.7 Å². The van der Waals surface area contributed by atoms with Crippen LogP contribution in [0.4, 0.5) is 11.4 Å². The quantitative estimate of drug-likeness (QED) is 0.758. The zero-order valence-electron chi connectivity index (χ0n) is 15.6. The first-order valence-electron chi connectivity index (χ1n) is 9.11. The number of para-hydroxylation sites is 3. The first kappa shape index (κ1) is 19.3. The largest absolute Gasteiger partial charge is 0.495 e. The Morgan fingerprint density at radius 1 is 1.22 bits per heavy atom. The predicted molar refractivity (Wildman–Crippen MR) is 110 cm³/mol. The first-order chi connectivity index (χ1) is 13.2. The number of hydrogen-bond donors (Lipinski definition) is 1. The number of ether oxygens (including phenoxy) is 1. The fraction of sp³-hybridized carbons (Fsp3) is 0.333. The molecular formula is C21H24N2O3S. The smallest absolute Gasteiger partial charge is 0.238 e. The molecule has 6 heteroatoms. The van der Waals surface area contributed by atoms with Gasteiger partial charge in [-0.15, -0.1) is 11.8 Å². The van der Waals surface area contributed by atoms with Gasteiger partial charge in [0.2, 0.25) is 11.8 Å². The third-order valence-corrected chi connectivity index (χ3v) is 5.67. The number of amides is 2. The highest BCUT2D eigenvalue weighted by Gasteiger charge is 2.36. The maximum Gasteiger partial charge on any atom is 0.238 e. The molecule has 0 bridgehead atoms. The van der Waals surface area contributed by atoms with E-state index in [2.05, 4.69) is 12.2 Å². The van der Waals surface area contributed by atoms with E-state index in [0.29, 0.717) is 17.9 Å². The number of hydrogen-bond acceptors (Lipinski definition) is 4. The minimum absolute atomic E-state index is 0.00228. The SMILES string of the molecule is CCCCC(=O)Nc1ccccc1[C@@H]1SCC(=O)N1c1ccccc1OC. The molecule has 27 heavy (non-hydrogen) atoms. The molecule has 0 aromatic heterocycles. The molecule has 1 heterocycles. The first-order valence-corrected chi connectivity index (χ1v) is 10.2. The Morgan fingerprint density at radius 2 is 1.96 bits per heavy atom. The second-order valence-corrected chi connectivity index (χ2v) is 7.41. The van der Waals surface area contributed by atoms with Crippen molar-refractivity contribution in [1.82, 2.24) is 0 Å². The molecule has 1 fully saturated rings. The van der Waals surface area contributed by atoms with Gasteiger partial charge < -0.3 is 10.1 Å². The number of benzene rings is 2. The molecule has 1 atom stereocenters. The summed E-state index contributed by atoms with van der Waals surface area (Å²) in [4.78, 5) is 26.7. The molecule has 142 valence electrons. The van der Waals surface area contributed by atoms with E-state index in [1.54, 1.807) is 23.8 Å². The zero-order valence-corrected chi connectivity index (χ0v) is 16.4.